The van der Waals surface area contributed by atoms with E-state index in [0.29, 0.717) is 6.54 Å². The molecule has 5 nitrogen and oxygen atoms in total. The molecule has 0 saturated carbocycles. The van der Waals surface area contributed by atoms with E-state index < -0.39 is 0 Å². The van der Waals surface area contributed by atoms with Crippen LogP contribution >= 0.6 is 11.3 Å². The van der Waals surface area contributed by atoms with Gasteiger partial charge in [-0.15, -0.1) is 11.3 Å². The number of amides is 1. The van der Waals surface area contributed by atoms with Gasteiger partial charge in [0.25, 0.3) is 0 Å². The minimum Gasteiger partial charge on any atom is -0.467 e. The summed E-state index contributed by atoms with van der Waals surface area (Å²) < 4.78 is 5.17. The Kier molecular flexibility index (Phi) is 4.50. The van der Waals surface area contributed by atoms with Gasteiger partial charge in [-0.05, 0) is 24.3 Å². The molecule has 2 N–H and O–H groups in total. The maximum atomic E-state index is 11.9. The molecule has 112 valence electrons. The Morgan fingerprint density at radius 2 is 2.05 bits per heavy atom. The van der Waals surface area contributed by atoms with Crippen LogP contribution in [0.1, 0.15) is 11.5 Å². The van der Waals surface area contributed by atoms with E-state index in [1.54, 1.807) is 12.3 Å². The standard InChI is InChI=1S/C16H15N3O2S/c20-15(17-10-14-7-4-8-21-14)9-13-11-22-16(19-13)18-12-5-2-1-3-6-12/h1-8,11H,9-10H2,(H,17,20)(H,18,19). The summed E-state index contributed by atoms with van der Waals surface area (Å²) in [6.45, 7) is 0.394. The van der Waals surface area contributed by atoms with Crippen LogP contribution in [0.25, 0.3) is 0 Å². The number of hydrogen-bond acceptors (Lipinski definition) is 5. The largest absolute Gasteiger partial charge is 0.467 e. The van der Waals surface area contributed by atoms with E-state index in [1.165, 1.54) is 11.3 Å². The lowest BCUT2D eigenvalue weighted by Gasteiger charge is -2.02. The predicted molar refractivity (Wildman–Crippen MR) is 86.1 cm³/mol. The Labute approximate surface area is 132 Å². The van der Waals surface area contributed by atoms with Gasteiger partial charge in [0.1, 0.15) is 5.76 Å². The Morgan fingerprint density at radius 3 is 2.82 bits per heavy atom. The molecule has 0 aliphatic rings. The van der Waals surface area contributed by atoms with Crippen molar-refractivity contribution in [3.8, 4) is 0 Å². The zero-order valence-corrected chi connectivity index (χ0v) is 12.6. The minimum absolute atomic E-state index is 0.0760. The molecule has 0 spiro atoms. The van der Waals surface area contributed by atoms with Crippen LogP contribution in [0.4, 0.5) is 10.8 Å². The molecule has 1 aromatic carbocycles. The SMILES string of the molecule is O=C(Cc1csc(Nc2ccccc2)n1)NCc1ccco1. The van der Waals surface area contributed by atoms with Gasteiger partial charge in [-0.2, -0.15) is 0 Å². The Balaban J connectivity index is 1.51. The van der Waals surface area contributed by atoms with Crippen molar-refractivity contribution in [1.29, 1.82) is 0 Å². The van der Waals surface area contributed by atoms with Crippen molar-refractivity contribution >= 4 is 28.1 Å². The van der Waals surface area contributed by atoms with E-state index in [2.05, 4.69) is 15.6 Å². The van der Waals surface area contributed by atoms with E-state index in [9.17, 15) is 4.79 Å². The molecule has 0 atom stereocenters. The number of carbonyl (C=O) groups is 1. The second kappa shape index (κ2) is 6.91. The number of para-hydroxylation sites is 1. The zero-order valence-electron chi connectivity index (χ0n) is 11.8. The van der Waals surface area contributed by atoms with Crippen LogP contribution in [0.5, 0.6) is 0 Å². The van der Waals surface area contributed by atoms with Crippen molar-refractivity contribution in [3.63, 3.8) is 0 Å². The summed E-state index contributed by atoms with van der Waals surface area (Å²) in [6.07, 6.45) is 1.84. The molecule has 0 bridgehead atoms. The number of aromatic nitrogens is 1. The fourth-order valence-electron chi connectivity index (χ4n) is 1.92. The number of hydrogen-bond donors (Lipinski definition) is 2. The average Bonchev–Trinajstić information content (AvgIpc) is 3.18. The maximum absolute atomic E-state index is 11.9. The van der Waals surface area contributed by atoms with Crippen LogP contribution in [0.3, 0.4) is 0 Å². The summed E-state index contributed by atoms with van der Waals surface area (Å²) in [5.41, 5.74) is 1.73. The van der Waals surface area contributed by atoms with Crippen LogP contribution in [-0.2, 0) is 17.8 Å². The van der Waals surface area contributed by atoms with E-state index in [0.717, 1.165) is 22.3 Å². The van der Waals surface area contributed by atoms with Gasteiger partial charge >= 0.3 is 0 Å². The van der Waals surface area contributed by atoms with E-state index in [4.69, 9.17) is 4.42 Å². The van der Waals surface area contributed by atoms with Crippen molar-refractivity contribution < 1.29 is 9.21 Å². The molecule has 0 aliphatic heterocycles. The number of nitrogens with zero attached hydrogens (tertiary/aromatic N) is 1. The van der Waals surface area contributed by atoms with Crippen molar-refractivity contribution in [1.82, 2.24) is 10.3 Å². The third kappa shape index (κ3) is 3.95. The highest BCUT2D eigenvalue weighted by Gasteiger charge is 2.08. The smallest absolute Gasteiger partial charge is 0.226 e. The highest BCUT2D eigenvalue weighted by atomic mass is 32.1. The first-order valence-electron chi connectivity index (χ1n) is 6.85. The molecule has 0 saturated heterocycles. The van der Waals surface area contributed by atoms with Crippen molar-refractivity contribution in [2.24, 2.45) is 0 Å². The van der Waals surface area contributed by atoms with Crippen molar-refractivity contribution in [2.45, 2.75) is 13.0 Å². The van der Waals surface area contributed by atoms with Gasteiger partial charge in [0.15, 0.2) is 5.13 Å². The van der Waals surface area contributed by atoms with E-state index >= 15 is 0 Å². The molecular weight excluding hydrogens is 298 g/mol. The molecule has 1 amide bonds. The summed E-state index contributed by atoms with van der Waals surface area (Å²) in [7, 11) is 0. The Hall–Kier alpha value is -2.60. The van der Waals surface area contributed by atoms with Crippen LogP contribution in [0.2, 0.25) is 0 Å². The number of benzene rings is 1. The molecule has 0 radical (unpaired) electrons. The number of furan rings is 1. The van der Waals surface area contributed by atoms with Crippen LogP contribution in [0, 0.1) is 0 Å². The minimum atomic E-state index is -0.0760. The average molecular weight is 313 g/mol. The molecule has 0 unspecified atom stereocenters. The molecule has 6 heteroatoms. The van der Waals surface area contributed by atoms with Gasteiger partial charge in [-0.25, -0.2) is 4.98 Å². The fraction of sp³-hybridized carbons (Fsp3) is 0.125. The third-order valence-corrected chi connectivity index (χ3v) is 3.76. The summed E-state index contributed by atoms with van der Waals surface area (Å²) in [6, 6.07) is 13.4. The molecule has 0 aliphatic carbocycles. The quantitative estimate of drug-likeness (QED) is 0.732. The maximum Gasteiger partial charge on any atom is 0.226 e. The second-order valence-electron chi connectivity index (χ2n) is 4.67. The monoisotopic (exact) mass is 313 g/mol. The van der Waals surface area contributed by atoms with Crippen molar-refractivity contribution in [2.75, 3.05) is 5.32 Å². The molecular formula is C16H15N3O2S. The van der Waals surface area contributed by atoms with Gasteiger partial charge in [-0.3, -0.25) is 4.79 Å². The van der Waals surface area contributed by atoms with Gasteiger partial charge in [-0.1, -0.05) is 18.2 Å². The second-order valence-corrected chi connectivity index (χ2v) is 5.53. The first-order chi connectivity index (χ1) is 10.8. The Bertz CT molecular complexity index is 723. The number of thiazole rings is 1. The topological polar surface area (TPSA) is 67.2 Å². The first-order valence-corrected chi connectivity index (χ1v) is 7.73. The van der Waals surface area contributed by atoms with Gasteiger partial charge in [0, 0.05) is 11.1 Å². The molecule has 22 heavy (non-hydrogen) atoms. The summed E-state index contributed by atoms with van der Waals surface area (Å²) in [5.74, 6) is 0.658. The lowest BCUT2D eigenvalue weighted by Crippen LogP contribution is -2.24. The predicted octanol–water partition coefficient (Wildman–Crippen LogP) is 3.34. The number of rotatable bonds is 6. The Morgan fingerprint density at radius 1 is 1.18 bits per heavy atom. The summed E-state index contributed by atoms with van der Waals surface area (Å²) >= 11 is 1.48. The van der Waals surface area contributed by atoms with Gasteiger partial charge in [0.2, 0.25) is 5.91 Å². The molecule has 0 fully saturated rings. The molecule has 3 aromatic rings. The number of anilines is 2. The number of carbonyl (C=O) groups excluding carboxylic acids is 1. The van der Waals surface area contributed by atoms with E-state index in [1.807, 2.05) is 41.8 Å². The highest BCUT2D eigenvalue weighted by Crippen LogP contribution is 2.20. The highest BCUT2D eigenvalue weighted by molar-refractivity contribution is 7.13. The third-order valence-electron chi connectivity index (χ3n) is 2.96. The van der Waals surface area contributed by atoms with E-state index in [-0.39, 0.29) is 12.3 Å². The lowest BCUT2D eigenvalue weighted by molar-refractivity contribution is -0.120. The summed E-state index contributed by atoms with van der Waals surface area (Å²) in [5, 5.41) is 8.68. The molecule has 3 rings (SSSR count). The van der Waals surface area contributed by atoms with Crippen LogP contribution < -0.4 is 10.6 Å². The zero-order chi connectivity index (χ0) is 15.2. The van der Waals surface area contributed by atoms with Gasteiger partial charge in [0.05, 0.1) is 24.9 Å². The van der Waals surface area contributed by atoms with Gasteiger partial charge < -0.3 is 15.1 Å². The normalized spacial score (nSPS) is 10.4. The van der Waals surface area contributed by atoms with Crippen LogP contribution in [0.15, 0.2) is 58.5 Å². The van der Waals surface area contributed by atoms with Crippen molar-refractivity contribution in [3.05, 3.63) is 65.6 Å². The first kappa shape index (κ1) is 14.3. The fourth-order valence-corrected chi connectivity index (χ4v) is 2.65. The molecule has 2 aromatic heterocycles. The molecule has 2 heterocycles. The number of nitrogens with one attached hydrogen (secondary N) is 2. The lowest BCUT2D eigenvalue weighted by atomic mass is 10.3. The summed E-state index contributed by atoms with van der Waals surface area (Å²) in [4.78, 5) is 16.3. The van der Waals surface area contributed by atoms with Crippen LogP contribution in [-0.4, -0.2) is 10.9 Å².